The Morgan fingerprint density at radius 3 is 2.95 bits per heavy atom. The van der Waals surface area contributed by atoms with Gasteiger partial charge in [-0.05, 0) is 36.4 Å². The monoisotopic (exact) mass is 292 g/mol. The molecular formula is C13H12N2O4S. The first-order valence-electron chi connectivity index (χ1n) is 5.93. The predicted molar refractivity (Wildman–Crippen MR) is 73.5 cm³/mol. The van der Waals surface area contributed by atoms with Gasteiger partial charge in [-0.15, -0.1) is 0 Å². The summed E-state index contributed by atoms with van der Waals surface area (Å²) in [7, 11) is 0. The summed E-state index contributed by atoms with van der Waals surface area (Å²) in [6.07, 6.45) is 4.77. The Balaban J connectivity index is 2.13. The molecule has 1 aromatic heterocycles. The summed E-state index contributed by atoms with van der Waals surface area (Å²) in [6.45, 7) is 1.51. The number of rotatable bonds is 4. The molecule has 0 bridgehead atoms. The standard InChI is InChI=1S/C13H12N2O4S/c1-2-19-11(16)8-15-12(17)10(20-13(15)18)6-9-4-3-5-14-7-9/h3-7H,2,8H2,1H3/b10-6+. The minimum atomic E-state index is -0.600. The molecule has 0 saturated carbocycles. The molecule has 1 aliphatic rings. The molecular weight excluding hydrogens is 280 g/mol. The molecule has 0 atom stereocenters. The van der Waals surface area contributed by atoms with Crippen LogP contribution in [0, 0.1) is 0 Å². The van der Waals surface area contributed by atoms with Crippen LogP contribution in [0.5, 0.6) is 0 Å². The fraction of sp³-hybridized carbons (Fsp3) is 0.231. The zero-order chi connectivity index (χ0) is 14.5. The highest BCUT2D eigenvalue weighted by molar-refractivity contribution is 8.18. The van der Waals surface area contributed by atoms with Crippen molar-refractivity contribution in [3.8, 4) is 0 Å². The lowest BCUT2D eigenvalue weighted by molar-refractivity contribution is -0.145. The smallest absolute Gasteiger partial charge is 0.326 e. The summed E-state index contributed by atoms with van der Waals surface area (Å²) in [5, 5.41) is -0.474. The highest BCUT2D eigenvalue weighted by Crippen LogP contribution is 2.31. The van der Waals surface area contributed by atoms with Crippen LogP contribution in [-0.4, -0.2) is 40.2 Å². The maximum atomic E-state index is 12.0. The van der Waals surface area contributed by atoms with Gasteiger partial charge in [0.25, 0.3) is 11.1 Å². The Morgan fingerprint density at radius 2 is 2.30 bits per heavy atom. The summed E-state index contributed by atoms with van der Waals surface area (Å²) in [4.78, 5) is 40.2. The zero-order valence-corrected chi connectivity index (χ0v) is 11.6. The van der Waals surface area contributed by atoms with Gasteiger partial charge in [-0.1, -0.05) is 6.07 Å². The molecule has 1 fully saturated rings. The van der Waals surface area contributed by atoms with E-state index in [4.69, 9.17) is 4.74 Å². The van der Waals surface area contributed by atoms with Gasteiger partial charge < -0.3 is 4.74 Å². The van der Waals surface area contributed by atoms with Crippen LogP contribution < -0.4 is 0 Å². The maximum absolute atomic E-state index is 12.0. The Morgan fingerprint density at radius 1 is 1.50 bits per heavy atom. The summed E-state index contributed by atoms with van der Waals surface area (Å²) in [6, 6.07) is 3.50. The van der Waals surface area contributed by atoms with Crippen LogP contribution in [0.3, 0.4) is 0 Å². The van der Waals surface area contributed by atoms with Crippen molar-refractivity contribution >= 4 is 35.0 Å². The third kappa shape index (κ3) is 3.24. The molecule has 0 N–H and O–H groups in total. The Hall–Kier alpha value is -2.15. The number of hydrogen-bond acceptors (Lipinski definition) is 6. The van der Waals surface area contributed by atoms with Crippen LogP contribution in [0.1, 0.15) is 12.5 Å². The van der Waals surface area contributed by atoms with E-state index in [0.717, 1.165) is 16.7 Å². The van der Waals surface area contributed by atoms with E-state index in [1.54, 1.807) is 37.5 Å². The van der Waals surface area contributed by atoms with Crippen LogP contribution in [0.25, 0.3) is 6.08 Å². The molecule has 2 rings (SSSR count). The lowest BCUT2D eigenvalue weighted by Crippen LogP contribution is -2.34. The molecule has 104 valence electrons. The molecule has 1 aliphatic heterocycles. The average molecular weight is 292 g/mol. The van der Waals surface area contributed by atoms with Crippen molar-refractivity contribution in [1.82, 2.24) is 9.88 Å². The normalized spacial score (nSPS) is 16.9. The van der Waals surface area contributed by atoms with Crippen LogP contribution >= 0.6 is 11.8 Å². The number of amides is 2. The van der Waals surface area contributed by atoms with Gasteiger partial charge in [-0.2, -0.15) is 0 Å². The quantitative estimate of drug-likeness (QED) is 0.621. The number of esters is 1. The number of hydrogen-bond donors (Lipinski definition) is 0. The van der Waals surface area contributed by atoms with Crippen molar-refractivity contribution in [1.29, 1.82) is 0 Å². The van der Waals surface area contributed by atoms with Crippen LogP contribution in [-0.2, 0) is 14.3 Å². The van der Waals surface area contributed by atoms with E-state index in [1.165, 1.54) is 0 Å². The Labute approximate surface area is 119 Å². The van der Waals surface area contributed by atoms with Crippen molar-refractivity contribution in [3.05, 3.63) is 35.0 Å². The predicted octanol–water partition coefficient (Wildman–Crippen LogP) is 1.68. The molecule has 1 aromatic rings. The zero-order valence-electron chi connectivity index (χ0n) is 10.7. The molecule has 7 heteroatoms. The van der Waals surface area contributed by atoms with E-state index in [0.29, 0.717) is 5.56 Å². The Bertz CT molecular complexity index is 571. The van der Waals surface area contributed by atoms with Crippen molar-refractivity contribution in [3.63, 3.8) is 0 Å². The molecule has 0 aromatic carbocycles. The van der Waals surface area contributed by atoms with E-state index in [2.05, 4.69) is 4.98 Å². The average Bonchev–Trinajstić information content (AvgIpc) is 2.68. The van der Waals surface area contributed by atoms with Gasteiger partial charge in [0.1, 0.15) is 6.54 Å². The van der Waals surface area contributed by atoms with Gasteiger partial charge in [0.2, 0.25) is 0 Å². The molecule has 2 amide bonds. The number of imide groups is 1. The summed E-state index contributed by atoms with van der Waals surface area (Å²) in [5.41, 5.74) is 0.717. The van der Waals surface area contributed by atoms with Gasteiger partial charge in [0.05, 0.1) is 11.5 Å². The first-order valence-corrected chi connectivity index (χ1v) is 6.74. The highest BCUT2D eigenvalue weighted by Gasteiger charge is 2.36. The first kappa shape index (κ1) is 14.3. The van der Waals surface area contributed by atoms with Gasteiger partial charge in [-0.3, -0.25) is 24.3 Å². The molecule has 1 saturated heterocycles. The number of carbonyl (C=O) groups is 3. The molecule has 0 spiro atoms. The molecule has 2 heterocycles. The van der Waals surface area contributed by atoms with Gasteiger partial charge in [0, 0.05) is 12.4 Å². The lowest BCUT2D eigenvalue weighted by atomic mass is 10.2. The highest BCUT2D eigenvalue weighted by atomic mass is 32.2. The largest absolute Gasteiger partial charge is 0.465 e. The minimum absolute atomic E-state index is 0.209. The van der Waals surface area contributed by atoms with E-state index >= 15 is 0 Å². The summed E-state index contributed by atoms with van der Waals surface area (Å²) < 4.78 is 4.73. The molecule has 0 unspecified atom stereocenters. The SMILES string of the molecule is CCOC(=O)CN1C(=O)S/C(=C/c2cccnc2)C1=O. The molecule has 6 nitrogen and oxygen atoms in total. The number of aromatic nitrogens is 1. The Kier molecular flexibility index (Phi) is 4.52. The van der Waals surface area contributed by atoms with E-state index in [-0.39, 0.29) is 18.1 Å². The third-order valence-electron chi connectivity index (χ3n) is 2.45. The fourth-order valence-corrected chi connectivity index (χ4v) is 2.42. The van der Waals surface area contributed by atoms with E-state index in [1.807, 2.05) is 0 Å². The van der Waals surface area contributed by atoms with Crippen molar-refractivity contribution < 1.29 is 19.1 Å². The van der Waals surface area contributed by atoms with Gasteiger partial charge >= 0.3 is 5.97 Å². The van der Waals surface area contributed by atoms with Crippen molar-refractivity contribution in [2.75, 3.05) is 13.2 Å². The van der Waals surface area contributed by atoms with Crippen LogP contribution in [0.4, 0.5) is 4.79 Å². The molecule has 0 radical (unpaired) electrons. The third-order valence-corrected chi connectivity index (χ3v) is 3.36. The molecule has 0 aliphatic carbocycles. The topological polar surface area (TPSA) is 76.6 Å². The fourth-order valence-electron chi connectivity index (χ4n) is 1.58. The van der Waals surface area contributed by atoms with Crippen molar-refractivity contribution in [2.24, 2.45) is 0 Å². The van der Waals surface area contributed by atoms with Gasteiger partial charge in [0.15, 0.2) is 0 Å². The number of thioether (sulfide) groups is 1. The number of pyridine rings is 1. The van der Waals surface area contributed by atoms with E-state index < -0.39 is 17.1 Å². The maximum Gasteiger partial charge on any atom is 0.326 e. The lowest BCUT2D eigenvalue weighted by Gasteiger charge is -2.10. The number of carbonyl (C=O) groups excluding carboxylic acids is 3. The van der Waals surface area contributed by atoms with Crippen molar-refractivity contribution in [2.45, 2.75) is 6.92 Å². The minimum Gasteiger partial charge on any atom is -0.465 e. The second kappa shape index (κ2) is 6.33. The summed E-state index contributed by atoms with van der Waals surface area (Å²) in [5.74, 6) is -1.09. The van der Waals surface area contributed by atoms with E-state index in [9.17, 15) is 14.4 Å². The molecule has 20 heavy (non-hydrogen) atoms. The number of nitrogens with zero attached hydrogens (tertiary/aromatic N) is 2. The van der Waals surface area contributed by atoms with Crippen LogP contribution in [0.15, 0.2) is 29.4 Å². The first-order chi connectivity index (χ1) is 9.61. The summed E-state index contributed by atoms with van der Waals surface area (Å²) >= 11 is 0.800. The van der Waals surface area contributed by atoms with Crippen LogP contribution in [0.2, 0.25) is 0 Å². The second-order valence-corrected chi connectivity index (χ2v) is 4.85. The second-order valence-electron chi connectivity index (χ2n) is 3.86. The van der Waals surface area contributed by atoms with Gasteiger partial charge in [-0.25, -0.2) is 0 Å². The number of ether oxygens (including phenoxy) is 1.